The topological polar surface area (TPSA) is 137 Å². The van der Waals surface area contributed by atoms with Crippen LogP contribution in [0.5, 0.6) is 0 Å². The average Bonchev–Trinajstić information content (AvgIpc) is 2.65. The second-order valence-corrected chi connectivity index (χ2v) is 5.23. The third-order valence-electron chi connectivity index (χ3n) is 3.42. The summed E-state index contributed by atoms with van der Waals surface area (Å²) in [5.41, 5.74) is 2.50. The Kier molecular flexibility index (Phi) is 6.53. The molecule has 0 amide bonds. The first kappa shape index (κ1) is 19.5. The predicted molar refractivity (Wildman–Crippen MR) is 97.6 cm³/mol. The van der Waals surface area contributed by atoms with Crippen LogP contribution < -0.4 is 5.43 Å². The van der Waals surface area contributed by atoms with Gasteiger partial charge in [0.25, 0.3) is 5.69 Å². The fourth-order valence-corrected chi connectivity index (χ4v) is 2.19. The minimum Gasteiger partial charge on any atom is -0.466 e. The molecule has 2 rings (SSSR count). The summed E-state index contributed by atoms with van der Waals surface area (Å²) in [5.74, 6) is -0.500. The summed E-state index contributed by atoms with van der Waals surface area (Å²) in [6.07, 6.45) is -0.147. The lowest BCUT2D eigenvalue weighted by atomic mass is 10.1. The highest BCUT2D eigenvalue weighted by Crippen LogP contribution is 2.29. The number of esters is 1. The van der Waals surface area contributed by atoms with Crippen molar-refractivity contribution in [2.45, 2.75) is 13.3 Å². The third-order valence-corrected chi connectivity index (χ3v) is 3.42. The maximum Gasteiger partial charge on any atom is 0.311 e. The molecule has 140 valence electrons. The molecular formula is C17H16N4O6. The molecule has 27 heavy (non-hydrogen) atoms. The fraction of sp³-hybridized carbons (Fsp3) is 0.176. The zero-order valence-corrected chi connectivity index (χ0v) is 14.3. The zero-order chi connectivity index (χ0) is 19.8. The smallest absolute Gasteiger partial charge is 0.311 e. The molecule has 0 heterocycles. The van der Waals surface area contributed by atoms with Crippen LogP contribution in [-0.2, 0) is 9.53 Å². The number of nitro benzene ring substituents is 2. The van der Waals surface area contributed by atoms with Crippen molar-refractivity contribution in [2.24, 2.45) is 5.10 Å². The molecule has 10 heteroatoms. The van der Waals surface area contributed by atoms with E-state index in [2.05, 4.69) is 10.5 Å². The number of rotatable bonds is 8. The maximum atomic E-state index is 11.8. The summed E-state index contributed by atoms with van der Waals surface area (Å²) in [7, 11) is 0. The van der Waals surface area contributed by atoms with Crippen LogP contribution in [0.3, 0.4) is 0 Å². The number of benzene rings is 2. The predicted octanol–water partition coefficient (Wildman–Crippen LogP) is 3.27. The number of anilines is 1. The molecule has 0 bridgehead atoms. The molecule has 1 N–H and O–H groups in total. The van der Waals surface area contributed by atoms with Crippen molar-refractivity contribution in [1.29, 1.82) is 0 Å². The average molecular weight is 372 g/mol. The van der Waals surface area contributed by atoms with E-state index in [1.807, 2.05) is 0 Å². The first-order valence-corrected chi connectivity index (χ1v) is 7.88. The van der Waals surface area contributed by atoms with Crippen LogP contribution in [-0.4, -0.2) is 28.1 Å². The van der Waals surface area contributed by atoms with Gasteiger partial charge in [0.1, 0.15) is 5.69 Å². The van der Waals surface area contributed by atoms with Crippen LogP contribution in [0, 0.1) is 20.2 Å². The van der Waals surface area contributed by atoms with Gasteiger partial charge in [-0.05, 0) is 18.6 Å². The highest BCUT2D eigenvalue weighted by atomic mass is 16.6. The molecule has 0 fully saturated rings. The number of nitro groups is 2. The summed E-state index contributed by atoms with van der Waals surface area (Å²) >= 11 is 0. The monoisotopic (exact) mass is 372 g/mol. The van der Waals surface area contributed by atoms with E-state index in [0.717, 1.165) is 12.1 Å². The molecule has 0 aliphatic heterocycles. The van der Waals surface area contributed by atoms with Gasteiger partial charge in [-0.3, -0.25) is 30.4 Å². The van der Waals surface area contributed by atoms with Crippen molar-refractivity contribution in [3.05, 3.63) is 74.3 Å². The van der Waals surface area contributed by atoms with Crippen molar-refractivity contribution < 1.29 is 19.4 Å². The Hall–Kier alpha value is -3.82. The van der Waals surface area contributed by atoms with E-state index < -0.39 is 27.2 Å². The highest BCUT2D eigenvalue weighted by molar-refractivity contribution is 6.09. The minimum atomic E-state index is -0.752. The first-order chi connectivity index (χ1) is 12.9. The van der Waals surface area contributed by atoms with Gasteiger partial charge >= 0.3 is 11.7 Å². The van der Waals surface area contributed by atoms with Gasteiger partial charge in [-0.15, -0.1) is 0 Å². The molecule has 0 saturated carbocycles. The summed E-state index contributed by atoms with van der Waals surface area (Å²) in [4.78, 5) is 32.3. The first-order valence-electron chi connectivity index (χ1n) is 7.88. The van der Waals surface area contributed by atoms with Crippen LogP contribution in [0.2, 0.25) is 0 Å². The van der Waals surface area contributed by atoms with Gasteiger partial charge < -0.3 is 4.74 Å². The maximum absolute atomic E-state index is 11.8. The largest absolute Gasteiger partial charge is 0.466 e. The SMILES string of the molecule is CCOC(=O)C/C(=N\Nc1ccc([N+](=O)[O-])cc1[N+](=O)[O-])c1ccccc1. The Labute approximate surface area is 153 Å². The quantitative estimate of drug-likeness (QED) is 0.325. The van der Waals surface area contributed by atoms with Crippen molar-refractivity contribution in [3.63, 3.8) is 0 Å². The Balaban J connectivity index is 2.36. The van der Waals surface area contributed by atoms with Crippen LogP contribution in [0.4, 0.5) is 17.1 Å². The van der Waals surface area contributed by atoms with E-state index in [0.29, 0.717) is 11.3 Å². The van der Waals surface area contributed by atoms with E-state index in [-0.39, 0.29) is 18.7 Å². The number of nitrogens with one attached hydrogen (secondary N) is 1. The fourth-order valence-electron chi connectivity index (χ4n) is 2.19. The Bertz CT molecular complexity index is 882. The molecule has 0 aromatic heterocycles. The number of carbonyl (C=O) groups excluding carboxylic acids is 1. The van der Waals surface area contributed by atoms with Crippen LogP contribution in [0.25, 0.3) is 0 Å². The Morgan fingerprint density at radius 1 is 1.11 bits per heavy atom. The Morgan fingerprint density at radius 3 is 2.41 bits per heavy atom. The third kappa shape index (κ3) is 5.33. The second-order valence-electron chi connectivity index (χ2n) is 5.23. The minimum absolute atomic E-state index is 0.0390. The molecular weight excluding hydrogens is 356 g/mol. The van der Waals surface area contributed by atoms with Gasteiger partial charge in [0.15, 0.2) is 0 Å². The molecule has 2 aromatic carbocycles. The van der Waals surface area contributed by atoms with E-state index in [1.165, 1.54) is 6.07 Å². The van der Waals surface area contributed by atoms with E-state index in [1.54, 1.807) is 37.3 Å². The second kappa shape index (κ2) is 9.04. The summed E-state index contributed by atoms with van der Waals surface area (Å²) < 4.78 is 4.92. The van der Waals surface area contributed by atoms with Gasteiger partial charge in [-0.2, -0.15) is 5.10 Å². The lowest BCUT2D eigenvalue weighted by Crippen LogP contribution is -2.14. The molecule has 0 saturated heterocycles. The van der Waals surface area contributed by atoms with Crippen molar-refractivity contribution in [3.8, 4) is 0 Å². The summed E-state index contributed by atoms with van der Waals surface area (Å²) in [6, 6.07) is 11.9. The lowest BCUT2D eigenvalue weighted by Gasteiger charge is -2.08. The zero-order valence-electron chi connectivity index (χ0n) is 14.3. The van der Waals surface area contributed by atoms with Crippen molar-refractivity contribution >= 4 is 28.7 Å². The molecule has 0 unspecified atom stereocenters. The number of carbonyl (C=O) groups is 1. The van der Waals surface area contributed by atoms with Crippen LogP contribution >= 0.6 is 0 Å². The molecule has 2 aromatic rings. The van der Waals surface area contributed by atoms with Crippen molar-refractivity contribution in [2.75, 3.05) is 12.0 Å². The standard InChI is InChI=1S/C17H16N4O6/c1-2-27-17(22)11-15(12-6-4-3-5-7-12)19-18-14-9-8-13(20(23)24)10-16(14)21(25)26/h3-10,18H,2,11H2,1H3/b19-15+. The highest BCUT2D eigenvalue weighted by Gasteiger charge is 2.20. The van der Waals surface area contributed by atoms with E-state index >= 15 is 0 Å². The van der Waals surface area contributed by atoms with Gasteiger partial charge in [0.05, 0.1) is 34.7 Å². The molecule has 0 aliphatic carbocycles. The number of non-ortho nitro benzene ring substituents is 1. The van der Waals surface area contributed by atoms with Crippen LogP contribution in [0.1, 0.15) is 18.9 Å². The number of hydrogen-bond donors (Lipinski definition) is 1. The lowest BCUT2D eigenvalue weighted by molar-refractivity contribution is -0.393. The number of hydrazone groups is 1. The van der Waals surface area contributed by atoms with Gasteiger partial charge in [0, 0.05) is 6.07 Å². The van der Waals surface area contributed by atoms with Crippen molar-refractivity contribution in [1.82, 2.24) is 0 Å². The number of ether oxygens (including phenoxy) is 1. The van der Waals surface area contributed by atoms with E-state index in [9.17, 15) is 25.0 Å². The van der Waals surface area contributed by atoms with Gasteiger partial charge in [0.2, 0.25) is 0 Å². The molecule has 0 aliphatic rings. The van der Waals surface area contributed by atoms with Gasteiger partial charge in [-0.1, -0.05) is 30.3 Å². The number of nitrogens with zero attached hydrogens (tertiary/aromatic N) is 3. The van der Waals surface area contributed by atoms with Gasteiger partial charge in [-0.25, -0.2) is 0 Å². The molecule has 0 spiro atoms. The molecule has 0 radical (unpaired) electrons. The Morgan fingerprint density at radius 2 is 1.81 bits per heavy atom. The van der Waals surface area contributed by atoms with E-state index in [4.69, 9.17) is 4.74 Å². The molecule has 10 nitrogen and oxygen atoms in total. The normalized spacial score (nSPS) is 10.9. The number of hydrogen-bond acceptors (Lipinski definition) is 8. The molecule has 0 atom stereocenters. The van der Waals surface area contributed by atoms with Crippen LogP contribution in [0.15, 0.2) is 53.6 Å². The summed E-state index contributed by atoms with van der Waals surface area (Å²) in [5, 5.41) is 26.1. The summed E-state index contributed by atoms with van der Waals surface area (Å²) in [6.45, 7) is 1.89.